The molecule has 2 rings (SSSR count). The van der Waals surface area contributed by atoms with Crippen LogP contribution in [0.1, 0.15) is 26.5 Å². The van der Waals surface area contributed by atoms with Gasteiger partial charge in [0, 0.05) is 0 Å². The first-order valence-electron chi connectivity index (χ1n) is 6.29. The van der Waals surface area contributed by atoms with Gasteiger partial charge in [-0.25, -0.2) is 0 Å². The summed E-state index contributed by atoms with van der Waals surface area (Å²) in [6.45, 7) is 6.49. The van der Waals surface area contributed by atoms with Crippen LogP contribution in [0.25, 0.3) is 11.1 Å². The molecule has 0 aliphatic carbocycles. The van der Waals surface area contributed by atoms with E-state index in [1.807, 2.05) is 24.3 Å². The van der Waals surface area contributed by atoms with E-state index in [1.54, 1.807) is 7.11 Å². The number of aromatic nitrogens is 1. The lowest BCUT2D eigenvalue weighted by atomic mass is 9.88. The molecule has 4 heteroatoms. The molecule has 0 amide bonds. The van der Waals surface area contributed by atoms with Crippen molar-refractivity contribution in [2.45, 2.75) is 27.2 Å². The molecule has 0 unspecified atom stereocenters. The van der Waals surface area contributed by atoms with E-state index in [4.69, 9.17) is 15.0 Å². The van der Waals surface area contributed by atoms with Crippen LogP contribution in [0.3, 0.4) is 0 Å². The molecule has 0 radical (unpaired) electrons. The van der Waals surface area contributed by atoms with Crippen molar-refractivity contribution in [1.29, 1.82) is 0 Å². The monoisotopic (exact) mass is 260 g/mol. The highest BCUT2D eigenvalue weighted by molar-refractivity contribution is 5.75. The van der Waals surface area contributed by atoms with Crippen LogP contribution in [-0.4, -0.2) is 12.3 Å². The molecule has 0 bridgehead atoms. The van der Waals surface area contributed by atoms with E-state index in [0.717, 1.165) is 29.0 Å². The second kappa shape index (κ2) is 4.96. The van der Waals surface area contributed by atoms with Crippen LogP contribution in [0.5, 0.6) is 5.75 Å². The molecule has 4 nitrogen and oxygen atoms in total. The fraction of sp³-hybridized carbons (Fsp3) is 0.400. The molecule has 102 valence electrons. The Morgan fingerprint density at radius 3 is 2.37 bits per heavy atom. The molecule has 0 saturated heterocycles. The molecular formula is C15H20N2O2. The first-order chi connectivity index (χ1) is 8.90. The van der Waals surface area contributed by atoms with Gasteiger partial charge in [-0.3, -0.25) is 0 Å². The van der Waals surface area contributed by atoms with Crippen molar-refractivity contribution < 1.29 is 9.26 Å². The number of rotatable bonds is 3. The number of ether oxygens (including phenoxy) is 1. The van der Waals surface area contributed by atoms with Gasteiger partial charge in [-0.05, 0) is 29.5 Å². The fourth-order valence-corrected chi connectivity index (χ4v) is 2.03. The highest BCUT2D eigenvalue weighted by atomic mass is 16.5. The summed E-state index contributed by atoms with van der Waals surface area (Å²) in [4.78, 5) is 0. The van der Waals surface area contributed by atoms with Gasteiger partial charge >= 0.3 is 0 Å². The Balaban J connectivity index is 2.40. The summed E-state index contributed by atoms with van der Waals surface area (Å²) < 4.78 is 10.3. The third-order valence-electron chi connectivity index (χ3n) is 2.87. The molecule has 2 N–H and O–H groups in total. The molecule has 2 aromatic rings. The Labute approximate surface area is 113 Å². The summed E-state index contributed by atoms with van der Waals surface area (Å²) in [5.74, 6) is 1.18. The summed E-state index contributed by atoms with van der Waals surface area (Å²) >= 11 is 0. The molecule has 1 aromatic carbocycles. The maximum atomic E-state index is 5.90. The van der Waals surface area contributed by atoms with Gasteiger partial charge < -0.3 is 15.0 Å². The minimum absolute atomic E-state index is 0.129. The van der Waals surface area contributed by atoms with E-state index >= 15 is 0 Å². The lowest BCUT2D eigenvalue weighted by molar-refractivity contribution is 0.377. The number of nitrogens with two attached hydrogens (primary N) is 1. The quantitative estimate of drug-likeness (QED) is 0.917. The summed E-state index contributed by atoms with van der Waals surface area (Å²) in [5.41, 5.74) is 8.82. The molecule has 0 atom stereocenters. The predicted molar refractivity (Wildman–Crippen MR) is 76.1 cm³/mol. The second-order valence-electron chi connectivity index (χ2n) is 5.83. The molecule has 1 heterocycles. The first-order valence-corrected chi connectivity index (χ1v) is 6.29. The van der Waals surface area contributed by atoms with Crippen molar-refractivity contribution in [3.8, 4) is 16.9 Å². The smallest absolute Gasteiger partial charge is 0.230 e. The van der Waals surface area contributed by atoms with Crippen molar-refractivity contribution in [3.05, 3.63) is 30.0 Å². The topological polar surface area (TPSA) is 61.3 Å². The molecule has 19 heavy (non-hydrogen) atoms. The van der Waals surface area contributed by atoms with Crippen LogP contribution in [0.4, 0.5) is 5.88 Å². The van der Waals surface area contributed by atoms with Crippen LogP contribution in [0.2, 0.25) is 0 Å². The van der Waals surface area contributed by atoms with Gasteiger partial charge in [-0.1, -0.05) is 38.1 Å². The minimum atomic E-state index is 0.129. The molecule has 0 aliphatic heterocycles. The summed E-state index contributed by atoms with van der Waals surface area (Å²) in [5, 5.41) is 4.09. The van der Waals surface area contributed by atoms with Crippen LogP contribution < -0.4 is 10.5 Å². The molecule has 0 fully saturated rings. The van der Waals surface area contributed by atoms with Crippen molar-refractivity contribution >= 4 is 5.88 Å². The maximum absolute atomic E-state index is 5.90. The van der Waals surface area contributed by atoms with Gasteiger partial charge in [0.05, 0.1) is 18.4 Å². The lowest BCUT2D eigenvalue weighted by Crippen LogP contribution is -2.10. The normalized spacial score (nSPS) is 11.6. The second-order valence-corrected chi connectivity index (χ2v) is 5.83. The van der Waals surface area contributed by atoms with Gasteiger partial charge in [0.2, 0.25) is 5.88 Å². The Bertz CT molecular complexity index is 551. The Morgan fingerprint density at radius 2 is 1.84 bits per heavy atom. The van der Waals surface area contributed by atoms with Gasteiger partial charge in [-0.15, -0.1) is 0 Å². The Kier molecular flexibility index (Phi) is 3.51. The highest BCUT2D eigenvalue weighted by Crippen LogP contribution is 2.34. The highest BCUT2D eigenvalue weighted by Gasteiger charge is 2.21. The fourth-order valence-electron chi connectivity index (χ4n) is 2.03. The largest absolute Gasteiger partial charge is 0.497 e. The van der Waals surface area contributed by atoms with Crippen LogP contribution in [0.15, 0.2) is 28.8 Å². The summed E-state index contributed by atoms with van der Waals surface area (Å²) in [6.07, 6.45) is 0.815. The molecule has 0 spiro atoms. The molecule has 0 aliphatic rings. The van der Waals surface area contributed by atoms with E-state index in [1.165, 1.54) is 0 Å². The van der Waals surface area contributed by atoms with Crippen LogP contribution in [0, 0.1) is 5.41 Å². The first kappa shape index (κ1) is 13.5. The van der Waals surface area contributed by atoms with Crippen LogP contribution in [-0.2, 0) is 6.42 Å². The summed E-state index contributed by atoms with van der Waals surface area (Å²) in [6, 6.07) is 7.74. The third kappa shape index (κ3) is 3.08. The Morgan fingerprint density at radius 1 is 1.21 bits per heavy atom. The number of benzene rings is 1. The zero-order chi connectivity index (χ0) is 14.0. The zero-order valence-electron chi connectivity index (χ0n) is 11.9. The van der Waals surface area contributed by atoms with Crippen LogP contribution >= 0.6 is 0 Å². The lowest BCUT2D eigenvalue weighted by Gasteiger charge is -2.16. The molecular weight excluding hydrogens is 240 g/mol. The maximum Gasteiger partial charge on any atom is 0.230 e. The van der Waals surface area contributed by atoms with Crippen molar-refractivity contribution in [1.82, 2.24) is 5.16 Å². The van der Waals surface area contributed by atoms with Crippen molar-refractivity contribution in [3.63, 3.8) is 0 Å². The van der Waals surface area contributed by atoms with Gasteiger partial charge in [0.25, 0.3) is 0 Å². The van der Waals surface area contributed by atoms with E-state index < -0.39 is 0 Å². The number of nitrogens with zero attached hydrogens (tertiary/aromatic N) is 1. The number of methoxy groups -OCH3 is 1. The number of nitrogen functional groups attached to an aromatic ring is 1. The number of hydrogen-bond donors (Lipinski definition) is 1. The summed E-state index contributed by atoms with van der Waals surface area (Å²) in [7, 11) is 1.65. The standard InChI is InChI=1S/C15H20N2O2/c1-15(2,3)9-12-13(14(16)19-17-12)10-5-7-11(18-4)8-6-10/h5-8H,9,16H2,1-4H3. The predicted octanol–water partition coefficient (Wildman–Crippen LogP) is 3.52. The van der Waals surface area contributed by atoms with Crippen molar-refractivity contribution in [2.24, 2.45) is 5.41 Å². The van der Waals surface area contributed by atoms with E-state index in [0.29, 0.717) is 5.88 Å². The van der Waals surface area contributed by atoms with E-state index in [-0.39, 0.29) is 5.41 Å². The third-order valence-corrected chi connectivity index (χ3v) is 2.87. The average Bonchev–Trinajstić information content (AvgIpc) is 2.68. The SMILES string of the molecule is COc1ccc(-c2c(CC(C)(C)C)noc2N)cc1. The van der Waals surface area contributed by atoms with Crippen molar-refractivity contribution in [2.75, 3.05) is 12.8 Å². The zero-order valence-corrected chi connectivity index (χ0v) is 11.9. The number of hydrogen-bond acceptors (Lipinski definition) is 4. The van der Waals surface area contributed by atoms with Gasteiger partial charge in [0.15, 0.2) is 0 Å². The van der Waals surface area contributed by atoms with Gasteiger partial charge in [0.1, 0.15) is 5.75 Å². The molecule has 0 saturated carbocycles. The van der Waals surface area contributed by atoms with E-state index in [9.17, 15) is 0 Å². The van der Waals surface area contributed by atoms with E-state index in [2.05, 4.69) is 25.9 Å². The molecule has 1 aromatic heterocycles. The van der Waals surface area contributed by atoms with Gasteiger partial charge in [-0.2, -0.15) is 0 Å². The Hall–Kier alpha value is -1.97. The minimum Gasteiger partial charge on any atom is -0.497 e. The average molecular weight is 260 g/mol. The number of anilines is 1.